The number of hydrogen-bond donors (Lipinski definition) is 1. The average molecular weight is 332 g/mol. The third-order valence-electron chi connectivity index (χ3n) is 3.54. The van der Waals surface area contributed by atoms with Crippen LogP contribution in [-0.2, 0) is 9.53 Å². The van der Waals surface area contributed by atoms with E-state index in [1.54, 1.807) is 19.1 Å². The van der Waals surface area contributed by atoms with Gasteiger partial charge in [-0.1, -0.05) is 23.2 Å². The molecule has 1 fully saturated rings. The van der Waals surface area contributed by atoms with Crippen LogP contribution < -0.4 is 0 Å². The second-order valence-electron chi connectivity index (χ2n) is 4.77. The van der Waals surface area contributed by atoms with Gasteiger partial charge in [0.05, 0.1) is 29.3 Å². The molecule has 1 aliphatic rings. The van der Waals surface area contributed by atoms with Crippen LogP contribution in [-0.4, -0.2) is 47.7 Å². The fraction of sp³-hybridized carbons (Fsp3) is 0.429. The van der Waals surface area contributed by atoms with Crippen LogP contribution >= 0.6 is 23.2 Å². The van der Waals surface area contributed by atoms with E-state index in [4.69, 9.17) is 27.9 Å². The maximum absolute atomic E-state index is 12.6. The fourth-order valence-corrected chi connectivity index (χ4v) is 2.71. The zero-order chi connectivity index (χ0) is 15.6. The Kier molecular flexibility index (Phi) is 5.08. The molecular formula is C14H15Cl2NO4. The first-order valence-corrected chi connectivity index (χ1v) is 7.27. The number of carboxylic acid groups (broad SMARTS) is 1. The Labute approximate surface area is 132 Å². The van der Waals surface area contributed by atoms with Crippen molar-refractivity contribution in [2.75, 3.05) is 19.8 Å². The van der Waals surface area contributed by atoms with Gasteiger partial charge in [-0.2, -0.15) is 0 Å². The van der Waals surface area contributed by atoms with Crippen molar-refractivity contribution in [2.45, 2.75) is 13.0 Å². The van der Waals surface area contributed by atoms with Gasteiger partial charge in [0, 0.05) is 12.1 Å². The molecule has 1 aliphatic heterocycles. The van der Waals surface area contributed by atoms with E-state index in [0.29, 0.717) is 17.1 Å². The number of carboxylic acids is 1. The second kappa shape index (κ2) is 6.64. The molecule has 0 spiro atoms. The highest BCUT2D eigenvalue weighted by Crippen LogP contribution is 2.26. The predicted octanol–water partition coefficient (Wildman–Crippen LogP) is 2.56. The summed E-state index contributed by atoms with van der Waals surface area (Å²) in [6, 6.07) is 4.13. The molecule has 0 aromatic heterocycles. The Morgan fingerprint density at radius 3 is 2.62 bits per heavy atom. The highest BCUT2D eigenvalue weighted by molar-refractivity contribution is 6.42. The van der Waals surface area contributed by atoms with Gasteiger partial charge in [0.15, 0.2) is 0 Å². The summed E-state index contributed by atoms with van der Waals surface area (Å²) in [7, 11) is 0. The molecule has 114 valence electrons. The summed E-state index contributed by atoms with van der Waals surface area (Å²) in [5.74, 6) is -1.95. The summed E-state index contributed by atoms with van der Waals surface area (Å²) in [4.78, 5) is 25.3. The number of hydrogen-bond acceptors (Lipinski definition) is 3. The molecule has 1 aromatic rings. The number of amides is 1. The topological polar surface area (TPSA) is 66.8 Å². The van der Waals surface area contributed by atoms with Gasteiger partial charge in [0.2, 0.25) is 0 Å². The van der Waals surface area contributed by atoms with Crippen LogP contribution in [0.2, 0.25) is 10.0 Å². The molecule has 1 amide bonds. The first-order chi connectivity index (χ1) is 9.95. The molecule has 1 saturated heterocycles. The van der Waals surface area contributed by atoms with Crippen molar-refractivity contribution in [3.63, 3.8) is 0 Å². The summed E-state index contributed by atoms with van der Waals surface area (Å²) >= 11 is 11.8. The Morgan fingerprint density at radius 2 is 2.05 bits per heavy atom. The molecule has 0 bridgehead atoms. The quantitative estimate of drug-likeness (QED) is 0.920. The number of halogens is 2. The molecule has 2 rings (SSSR count). The number of carbonyl (C=O) groups excluding carboxylic acids is 1. The summed E-state index contributed by atoms with van der Waals surface area (Å²) in [6.07, 6.45) is 0. The summed E-state index contributed by atoms with van der Waals surface area (Å²) in [5.41, 5.74) is 0.377. The van der Waals surface area contributed by atoms with E-state index in [0.717, 1.165) is 0 Å². The van der Waals surface area contributed by atoms with E-state index >= 15 is 0 Å². The Hall–Kier alpha value is -1.30. The predicted molar refractivity (Wildman–Crippen MR) is 78.9 cm³/mol. The van der Waals surface area contributed by atoms with Crippen molar-refractivity contribution in [1.82, 2.24) is 4.90 Å². The number of nitrogens with zero attached hydrogens (tertiary/aromatic N) is 1. The zero-order valence-electron chi connectivity index (χ0n) is 11.4. The Balaban J connectivity index is 2.26. The molecule has 1 N–H and O–H groups in total. The minimum Gasteiger partial charge on any atom is -0.481 e. The van der Waals surface area contributed by atoms with E-state index in [-0.39, 0.29) is 24.1 Å². The molecule has 1 heterocycles. The summed E-state index contributed by atoms with van der Waals surface area (Å²) in [6.45, 7) is 2.52. The van der Waals surface area contributed by atoms with Gasteiger partial charge in [-0.3, -0.25) is 9.59 Å². The monoisotopic (exact) mass is 331 g/mol. The minimum atomic E-state index is -0.960. The second-order valence-corrected chi connectivity index (χ2v) is 5.58. The maximum atomic E-state index is 12.6. The molecule has 5 nitrogen and oxygen atoms in total. The summed E-state index contributed by atoms with van der Waals surface area (Å²) in [5, 5.41) is 9.86. The highest BCUT2D eigenvalue weighted by Gasteiger charge is 2.39. The third kappa shape index (κ3) is 3.31. The lowest BCUT2D eigenvalue weighted by Gasteiger charge is -2.29. The van der Waals surface area contributed by atoms with Crippen molar-refractivity contribution < 1.29 is 19.4 Å². The van der Waals surface area contributed by atoms with Crippen LogP contribution in [0.1, 0.15) is 17.3 Å². The minimum absolute atomic E-state index is 0.116. The van der Waals surface area contributed by atoms with Crippen LogP contribution in [0, 0.1) is 5.92 Å². The highest BCUT2D eigenvalue weighted by atomic mass is 35.5. The van der Waals surface area contributed by atoms with Gasteiger partial charge >= 0.3 is 5.97 Å². The van der Waals surface area contributed by atoms with Crippen molar-refractivity contribution in [2.24, 2.45) is 5.92 Å². The fourth-order valence-electron chi connectivity index (χ4n) is 2.41. The van der Waals surface area contributed by atoms with E-state index in [1.807, 2.05) is 0 Å². The van der Waals surface area contributed by atoms with Crippen LogP contribution in [0.4, 0.5) is 0 Å². The van der Waals surface area contributed by atoms with Gasteiger partial charge < -0.3 is 14.7 Å². The lowest BCUT2D eigenvalue weighted by Crippen LogP contribution is -2.46. The molecule has 0 aliphatic carbocycles. The van der Waals surface area contributed by atoms with Crippen LogP contribution in [0.25, 0.3) is 0 Å². The smallest absolute Gasteiger partial charge is 0.311 e. The van der Waals surface area contributed by atoms with Crippen molar-refractivity contribution in [3.8, 4) is 0 Å². The molecule has 1 aromatic carbocycles. The Bertz CT molecular complexity index is 564. The zero-order valence-corrected chi connectivity index (χ0v) is 12.9. The normalized spacial score (nSPS) is 21.3. The first kappa shape index (κ1) is 16.1. The molecule has 0 saturated carbocycles. The van der Waals surface area contributed by atoms with Gasteiger partial charge in [0.25, 0.3) is 5.91 Å². The van der Waals surface area contributed by atoms with Crippen molar-refractivity contribution in [3.05, 3.63) is 33.8 Å². The SMILES string of the molecule is CCN(C(=O)c1ccc(Cl)c(Cl)c1)C1COCC1C(=O)O. The summed E-state index contributed by atoms with van der Waals surface area (Å²) < 4.78 is 5.22. The molecule has 21 heavy (non-hydrogen) atoms. The number of aliphatic carboxylic acids is 1. The number of benzene rings is 1. The maximum Gasteiger partial charge on any atom is 0.311 e. The van der Waals surface area contributed by atoms with Gasteiger partial charge in [-0.05, 0) is 25.1 Å². The lowest BCUT2D eigenvalue weighted by molar-refractivity contribution is -0.142. The lowest BCUT2D eigenvalue weighted by atomic mass is 10.0. The Morgan fingerprint density at radius 1 is 1.33 bits per heavy atom. The molecule has 0 radical (unpaired) electrons. The van der Waals surface area contributed by atoms with E-state index in [1.165, 1.54) is 11.0 Å². The average Bonchev–Trinajstić information content (AvgIpc) is 2.92. The van der Waals surface area contributed by atoms with E-state index in [9.17, 15) is 14.7 Å². The number of likely N-dealkylation sites (N-methyl/N-ethyl adjacent to an activating group) is 1. The molecule has 2 unspecified atom stereocenters. The molecular weight excluding hydrogens is 317 g/mol. The standard InChI is InChI=1S/C14H15Cl2NO4/c1-2-17(12-7-21-6-9(12)14(19)20)13(18)8-3-4-10(15)11(16)5-8/h3-5,9,12H,2,6-7H2,1H3,(H,19,20). The van der Waals surface area contributed by atoms with Crippen molar-refractivity contribution in [1.29, 1.82) is 0 Å². The number of rotatable bonds is 4. The number of ether oxygens (including phenoxy) is 1. The first-order valence-electron chi connectivity index (χ1n) is 6.52. The third-order valence-corrected chi connectivity index (χ3v) is 4.28. The van der Waals surface area contributed by atoms with E-state index < -0.39 is 17.9 Å². The van der Waals surface area contributed by atoms with Gasteiger partial charge in [0.1, 0.15) is 5.92 Å². The molecule has 2 atom stereocenters. The van der Waals surface area contributed by atoms with E-state index in [2.05, 4.69) is 0 Å². The molecule has 7 heteroatoms. The van der Waals surface area contributed by atoms with Gasteiger partial charge in [-0.25, -0.2) is 0 Å². The van der Waals surface area contributed by atoms with Gasteiger partial charge in [-0.15, -0.1) is 0 Å². The number of carbonyl (C=O) groups is 2. The van der Waals surface area contributed by atoms with Crippen LogP contribution in [0.5, 0.6) is 0 Å². The van der Waals surface area contributed by atoms with Crippen molar-refractivity contribution >= 4 is 35.1 Å². The largest absolute Gasteiger partial charge is 0.481 e. The van der Waals surface area contributed by atoms with Crippen LogP contribution in [0.15, 0.2) is 18.2 Å². The van der Waals surface area contributed by atoms with Crippen LogP contribution in [0.3, 0.4) is 0 Å².